The maximum atomic E-state index is 12.7. The lowest BCUT2D eigenvalue weighted by atomic mass is 10.2. The van der Waals surface area contributed by atoms with Crippen molar-refractivity contribution in [2.45, 2.75) is 33.2 Å². The molecule has 0 fully saturated rings. The van der Waals surface area contributed by atoms with Crippen LogP contribution in [0, 0.1) is 6.92 Å². The van der Waals surface area contributed by atoms with Crippen LogP contribution in [-0.2, 0) is 14.3 Å². The standard InChI is InChI=1S/C15H18N2O5S/c1-5-6-22-14(19)9(3)17-7-16-12-10(13(17)18)8(2)11(23-12)15(20)21-4/h7,9H,5-6H2,1-4H3/t9-/m0/s1. The Morgan fingerprint density at radius 2 is 2.13 bits per heavy atom. The number of ether oxygens (including phenoxy) is 2. The number of fused-ring (bicyclic) bond motifs is 1. The monoisotopic (exact) mass is 338 g/mol. The summed E-state index contributed by atoms with van der Waals surface area (Å²) >= 11 is 1.10. The van der Waals surface area contributed by atoms with Gasteiger partial charge in [-0.2, -0.15) is 0 Å². The van der Waals surface area contributed by atoms with E-state index in [4.69, 9.17) is 9.47 Å². The van der Waals surface area contributed by atoms with Gasteiger partial charge in [0.15, 0.2) is 0 Å². The molecular formula is C15H18N2O5S. The fourth-order valence-corrected chi connectivity index (χ4v) is 3.19. The Balaban J connectivity index is 2.50. The van der Waals surface area contributed by atoms with E-state index < -0.39 is 18.0 Å². The normalized spacial score (nSPS) is 12.2. The van der Waals surface area contributed by atoms with E-state index in [9.17, 15) is 14.4 Å². The fraction of sp³-hybridized carbons (Fsp3) is 0.467. The summed E-state index contributed by atoms with van der Waals surface area (Å²) in [5.41, 5.74) is 0.137. The number of esters is 2. The number of carbonyl (C=O) groups excluding carboxylic acids is 2. The van der Waals surface area contributed by atoms with Gasteiger partial charge in [-0.3, -0.25) is 9.36 Å². The minimum Gasteiger partial charge on any atom is -0.465 e. The first-order chi connectivity index (χ1) is 10.9. The Morgan fingerprint density at radius 1 is 1.43 bits per heavy atom. The first-order valence-corrected chi connectivity index (χ1v) is 7.99. The van der Waals surface area contributed by atoms with E-state index in [-0.39, 0.29) is 5.56 Å². The van der Waals surface area contributed by atoms with Crippen LogP contribution in [-0.4, -0.2) is 35.2 Å². The summed E-state index contributed by atoms with van der Waals surface area (Å²) in [7, 11) is 1.28. The highest BCUT2D eigenvalue weighted by Gasteiger charge is 2.23. The minimum atomic E-state index is -0.785. The van der Waals surface area contributed by atoms with Crippen molar-refractivity contribution >= 4 is 33.5 Å². The van der Waals surface area contributed by atoms with E-state index in [0.29, 0.717) is 33.7 Å². The van der Waals surface area contributed by atoms with E-state index >= 15 is 0 Å². The molecule has 23 heavy (non-hydrogen) atoms. The van der Waals surface area contributed by atoms with Gasteiger partial charge in [-0.05, 0) is 25.8 Å². The third-order valence-electron chi connectivity index (χ3n) is 3.45. The molecule has 0 unspecified atom stereocenters. The van der Waals surface area contributed by atoms with Crippen LogP contribution in [0.4, 0.5) is 0 Å². The number of hydrogen-bond donors (Lipinski definition) is 0. The number of aryl methyl sites for hydroxylation is 1. The van der Waals surface area contributed by atoms with Crippen LogP contribution in [0.15, 0.2) is 11.1 Å². The first-order valence-electron chi connectivity index (χ1n) is 7.17. The average molecular weight is 338 g/mol. The Hall–Kier alpha value is -2.22. The number of methoxy groups -OCH3 is 1. The minimum absolute atomic E-state index is 0.303. The molecule has 0 aliphatic carbocycles. The Kier molecular flexibility index (Phi) is 5.15. The molecule has 7 nitrogen and oxygen atoms in total. The zero-order valence-corrected chi connectivity index (χ0v) is 14.2. The molecule has 0 aliphatic rings. The number of thiophene rings is 1. The smallest absolute Gasteiger partial charge is 0.348 e. The number of nitrogens with zero attached hydrogens (tertiary/aromatic N) is 2. The largest absolute Gasteiger partial charge is 0.465 e. The Morgan fingerprint density at radius 3 is 2.74 bits per heavy atom. The van der Waals surface area contributed by atoms with Gasteiger partial charge in [-0.1, -0.05) is 6.92 Å². The number of rotatable bonds is 5. The van der Waals surface area contributed by atoms with Crippen molar-refractivity contribution in [2.75, 3.05) is 13.7 Å². The van der Waals surface area contributed by atoms with Crippen LogP contribution in [0.1, 0.15) is 41.5 Å². The van der Waals surface area contributed by atoms with Crippen LogP contribution in [0.3, 0.4) is 0 Å². The summed E-state index contributed by atoms with van der Waals surface area (Å²) in [4.78, 5) is 41.3. The summed E-state index contributed by atoms with van der Waals surface area (Å²) in [6, 6.07) is -0.785. The zero-order chi connectivity index (χ0) is 17.1. The van der Waals surface area contributed by atoms with Crippen LogP contribution in [0.5, 0.6) is 0 Å². The van der Waals surface area contributed by atoms with E-state index in [0.717, 1.165) is 11.3 Å². The van der Waals surface area contributed by atoms with E-state index in [1.165, 1.54) is 18.0 Å². The first kappa shape index (κ1) is 17.1. The van der Waals surface area contributed by atoms with Crippen molar-refractivity contribution in [1.82, 2.24) is 9.55 Å². The van der Waals surface area contributed by atoms with Crippen molar-refractivity contribution in [3.05, 3.63) is 27.1 Å². The summed E-state index contributed by atoms with van der Waals surface area (Å²) < 4.78 is 11.0. The second kappa shape index (κ2) is 6.91. The highest BCUT2D eigenvalue weighted by Crippen LogP contribution is 2.27. The second-order valence-corrected chi connectivity index (χ2v) is 6.03. The summed E-state index contributed by atoms with van der Waals surface area (Å²) in [5.74, 6) is -0.997. The van der Waals surface area contributed by atoms with Gasteiger partial charge in [0, 0.05) is 0 Å². The molecular weight excluding hydrogens is 320 g/mol. The molecule has 2 rings (SSSR count). The van der Waals surface area contributed by atoms with Gasteiger partial charge in [-0.15, -0.1) is 11.3 Å². The predicted octanol–water partition coefficient (Wildman–Crippen LogP) is 2.07. The lowest BCUT2D eigenvalue weighted by molar-refractivity contribution is -0.147. The molecule has 0 aliphatic heterocycles. The summed E-state index contributed by atoms with van der Waals surface area (Å²) in [6.45, 7) is 5.44. The van der Waals surface area contributed by atoms with Crippen molar-refractivity contribution in [3.63, 3.8) is 0 Å². The zero-order valence-electron chi connectivity index (χ0n) is 13.4. The van der Waals surface area contributed by atoms with Crippen LogP contribution in [0.25, 0.3) is 10.2 Å². The Bertz CT molecular complexity index is 808. The number of hydrogen-bond acceptors (Lipinski definition) is 7. The molecule has 2 aromatic heterocycles. The molecule has 0 saturated heterocycles. The van der Waals surface area contributed by atoms with Crippen molar-refractivity contribution in [2.24, 2.45) is 0 Å². The number of aromatic nitrogens is 2. The van der Waals surface area contributed by atoms with Gasteiger partial charge in [-0.25, -0.2) is 14.6 Å². The predicted molar refractivity (Wildman–Crippen MR) is 85.9 cm³/mol. The van der Waals surface area contributed by atoms with Crippen molar-refractivity contribution in [1.29, 1.82) is 0 Å². The van der Waals surface area contributed by atoms with Gasteiger partial charge >= 0.3 is 11.9 Å². The molecule has 1 atom stereocenters. The number of carbonyl (C=O) groups is 2. The molecule has 0 amide bonds. The van der Waals surface area contributed by atoms with Crippen molar-refractivity contribution in [3.8, 4) is 0 Å². The molecule has 2 heterocycles. The van der Waals surface area contributed by atoms with Crippen LogP contribution in [0.2, 0.25) is 0 Å². The summed E-state index contributed by atoms with van der Waals surface area (Å²) in [6.07, 6.45) is 2.01. The van der Waals surface area contributed by atoms with Gasteiger partial charge in [0.05, 0.1) is 25.4 Å². The molecule has 0 aromatic carbocycles. The van der Waals surface area contributed by atoms with E-state index in [1.807, 2.05) is 6.92 Å². The fourth-order valence-electron chi connectivity index (χ4n) is 2.14. The van der Waals surface area contributed by atoms with Gasteiger partial charge in [0.1, 0.15) is 15.7 Å². The van der Waals surface area contributed by atoms with Crippen LogP contribution < -0.4 is 5.56 Å². The van der Waals surface area contributed by atoms with Gasteiger partial charge in [0.25, 0.3) is 5.56 Å². The molecule has 0 bridgehead atoms. The molecule has 8 heteroatoms. The van der Waals surface area contributed by atoms with E-state index in [2.05, 4.69) is 4.98 Å². The van der Waals surface area contributed by atoms with Crippen molar-refractivity contribution < 1.29 is 19.1 Å². The maximum Gasteiger partial charge on any atom is 0.348 e. The molecule has 0 saturated carbocycles. The Labute approximate surface area is 136 Å². The van der Waals surface area contributed by atoms with E-state index in [1.54, 1.807) is 13.8 Å². The van der Waals surface area contributed by atoms with Crippen LogP contribution >= 0.6 is 11.3 Å². The lowest BCUT2D eigenvalue weighted by Crippen LogP contribution is -2.29. The molecule has 2 aromatic rings. The SMILES string of the molecule is CCCOC(=O)[C@H](C)n1cnc2sc(C(=O)OC)c(C)c2c1=O. The molecule has 0 N–H and O–H groups in total. The molecule has 124 valence electrons. The average Bonchev–Trinajstić information content (AvgIpc) is 2.89. The lowest BCUT2D eigenvalue weighted by Gasteiger charge is -2.13. The third kappa shape index (κ3) is 3.12. The highest BCUT2D eigenvalue weighted by molar-refractivity contribution is 7.20. The second-order valence-electron chi connectivity index (χ2n) is 5.03. The molecule has 0 spiro atoms. The molecule has 0 radical (unpaired) electrons. The summed E-state index contributed by atoms with van der Waals surface area (Å²) in [5, 5.41) is 0.327. The highest BCUT2D eigenvalue weighted by atomic mass is 32.1. The van der Waals surface area contributed by atoms with Gasteiger partial charge < -0.3 is 9.47 Å². The third-order valence-corrected chi connectivity index (χ3v) is 4.63. The maximum absolute atomic E-state index is 12.7. The topological polar surface area (TPSA) is 87.5 Å². The quantitative estimate of drug-likeness (QED) is 0.776. The van der Waals surface area contributed by atoms with Gasteiger partial charge in [0.2, 0.25) is 0 Å².